The van der Waals surface area contributed by atoms with Crippen molar-refractivity contribution in [3.63, 3.8) is 0 Å². The Hall–Kier alpha value is -1.17. The third-order valence-corrected chi connectivity index (χ3v) is 5.17. The van der Waals surface area contributed by atoms with Crippen LogP contribution in [0.4, 0.5) is 5.69 Å². The molecule has 2 aromatic carbocycles. The molecule has 2 aromatic rings. The Morgan fingerprint density at radius 1 is 1.35 bits per heavy atom. The van der Waals surface area contributed by atoms with Crippen molar-refractivity contribution < 1.29 is 4.79 Å². The van der Waals surface area contributed by atoms with E-state index in [1.165, 1.54) is 0 Å². The van der Waals surface area contributed by atoms with Crippen molar-refractivity contribution in [2.75, 3.05) is 11.5 Å². The van der Waals surface area contributed by atoms with E-state index in [1.54, 1.807) is 17.8 Å². The number of amides is 1. The van der Waals surface area contributed by atoms with Crippen molar-refractivity contribution in [2.24, 2.45) is 0 Å². The number of aryl methyl sites for hydroxylation is 1. The Bertz CT molecular complexity index is 737. The molecule has 0 spiro atoms. The lowest BCUT2D eigenvalue weighted by molar-refractivity contribution is 0.0951. The Morgan fingerprint density at radius 3 is 2.78 bits per heavy atom. The highest BCUT2D eigenvalue weighted by molar-refractivity contribution is 9.10. The molecular formula is C17H18BrClN2OS. The van der Waals surface area contributed by atoms with Gasteiger partial charge in [0.1, 0.15) is 0 Å². The van der Waals surface area contributed by atoms with Gasteiger partial charge in [0.05, 0.1) is 11.3 Å². The van der Waals surface area contributed by atoms with Crippen LogP contribution in [0.15, 0.2) is 39.7 Å². The smallest absolute Gasteiger partial charge is 0.253 e. The number of hydrogen-bond acceptors (Lipinski definition) is 3. The highest BCUT2D eigenvalue weighted by Crippen LogP contribution is 2.27. The van der Waals surface area contributed by atoms with E-state index in [4.69, 9.17) is 17.3 Å². The van der Waals surface area contributed by atoms with E-state index in [0.29, 0.717) is 22.8 Å². The first kappa shape index (κ1) is 18.2. The largest absolute Gasteiger partial charge is 0.397 e. The summed E-state index contributed by atoms with van der Waals surface area (Å²) in [7, 11) is 0. The topological polar surface area (TPSA) is 55.1 Å². The van der Waals surface area contributed by atoms with Gasteiger partial charge in [0.2, 0.25) is 0 Å². The van der Waals surface area contributed by atoms with Crippen molar-refractivity contribution in [1.82, 2.24) is 5.32 Å². The molecule has 0 aliphatic rings. The fraction of sp³-hybridized carbons (Fsp3) is 0.235. The highest BCUT2D eigenvalue weighted by atomic mass is 79.9. The maximum absolute atomic E-state index is 12.4. The minimum Gasteiger partial charge on any atom is -0.397 e. The number of halogens is 2. The molecule has 6 heteroatoms. The number of nitrogen functional groups attached to an aromatic ring is 1. The van der Waals surface area contributed by atoms with E-state index in [-0.39, 0.29) is 5.91 Å². The summed E-state index contributed by atoms with van der Waals surface area (Å²) in [5.41, 5.74) is 8.89. The first-order valence-electron chi connectivity index (χ1n) is 7.17. The fourth-order valence-corrected chi connectivity index (χ4v) is 3.76. The van der Waals surface area contributed by atoms with E-state index in [2.05, 4.69) is 28.2 Å². The van der Waals surface area contributed by atoms with E-state index in [9.17, 15) is 4.79 Å². The number of thioether (sulfide) groups is 1. The number of carbonyl (C=O) groups excluding carboxylic acids is 1. The summed E-state index contributed by atoms with van der Waals surface area (Å²) in [6.45, 7) is 4.42. The molecule has 0 atom stereocenters. The molecule has 0 aliphatic carbocycles. The van der Waals surface area contributed by atoms with E-state index >= 15 is 0 Å². The standard InChI is InChI=1S/C17H18BrClN2OS/c1-3-23-15-5-4-12(19)8-11(15)9-21-17(22)13-6-10(2)7-14(18)16(13)20/h4-8H,3,9,20H2,1-2H3,(H,21,22). The second-order valence-corrected chi connectivity index (χ2v) is 7.67. The average Bonchev–Trinajstić information content (AvgIpc) is 2.51. The lowest BCUT2D eigenvalue weighted by atomic mass is 10.1. The molecule has 0 heterocycles. The van der Waals surface area contributed by atoms with Crippen LogP contribution in [-0.2, 0) is 6.54 Å². The predicted molar refractivity (Wildman–Crippen MR) is 102 cm³/mol. The number of rotatable bonds is 5. The molecule has 0 saturated heterocycles. The first-order valence-corrected chi connectivity index (χ1v) is 9.33. The summed E-state index contributed by atoms with van der Waals surface area (Å²) >= 11 is 11.2. The van der Waals surface area contributed by atoms with Gasteiger partial charge < -0.3 is 11.1 Å². The van der Waals surface area contributed by atoms with E-state index in [0.717, 1.165) is 26.2 Å². The number of nitrogens with one attached hydrogen (secondary N) is 1. The first-order chi connectivity index (χ1) is 10.9. The number of carbonyl (C=O) groups is 1. The van der Waals surface area contributed by atoms with Crippen molar-refractivity contribution in [3.8, 4) is 0 Å². The SMILES string of the molecule is CCSc1ccc(Cl)cc1CNC(=O)c1cc(C)cc(Br)c1N. The zero-order valence-electron chi connectivity index (χ0n) is 13.0. The number of anilines is 1. The van der Waals surface area contributed by atoms with E-state index in [1.807, 2.05) is 31.2 Å². The second kappa shape index (κ2) is 8.08. The highest BCUT2D eigenvalue weighted by Gasteiger charge is 2.13. The van der Waals surface area contributed by atoms with Crippen molar-refractivity contribution in [1.29, 1.82) is 0 Å². The summed E-state index contributed by atoms with van der Waals surface area (Å²) < 4.78 is 0.729. The molecular weight excluding hydrogens is 396 g/mol. The molecule has 0 aromatic heterocycles. The summed E-state index contributed by atoms with van der Waals surface area (Å²) in [4.78, 5) is 13.6. The van der Waals surface area contributed by atoms with Crippen molar-refractivity contribution >= 4 is 50.9 Å². The maximum Gasteiger partial charge on any atom is 0.253 e. The van der Waals surface area contributed by atoms with Crippen molar-refractivity contribution in [3.05, 3.63) is 56.5 Å². The van der Waals surface area contributed by atoms with E-state index < -0.39 is 0 Å². The average molecular weight is 414 g/mol. The van der Waals surface area contributed by atoms with Crippen LogP contribution in [0.2, 0.25) is 5.02 Å². The molecule has 3 nitrogen and oxygen atoms in total. The molecule has 23 heavy (non-hydrogen) atoms. The van der Waals surface area contributed by atoms with Crippen LogP contribution < -0.4 is 11.1 Å². The summed E-state index contributed by atoms with van der Waals surface area (Å²) in [6, 6.07) is 9.40. The summed E-state index contributed by atoms with van der Waals surface area (Å²) in [5.74, 6) is 0.764. The Labute approximate surface area is 154 Å². The van der Waals surface area contributed by atoms with Gasteiger partial charge in [-0.1, -0.05) is 18.5 Å². The van der Waals surface area contributed by atoms with Crippen LogP contribution >= 0.6 is 39.3 Å². The summed E-state index contributed by atoms with van der Waals surface area (Å²) in [6.07, 6.45) is 0. The lowest BCUT2D eigenvalue weighted by Gasteiger charge is -2.12. The third kappa shape index (κ3) is 4.66. The van der Waals surface area contributed by atoms with Gasteiger partial charge in [0.25, 0.3) is 5.91 Å². The van der Waals surface area contributed by atoms with Gasteiger partial charge in [0.15, 0.2) is 0 Å². The lowest BCUT2D eigenvalue weighted by Crippen LogP contribution is -2.24. The van der Waals surface area contributed by atoms with Gasteiger partial charge in [-0.05, 0) is 70.1 Å². The molecule has 0 radical (unpaired) electrons. The van der Waals surface area contributed by atoms with Gasteiger partial charge in [-0.25, -0.2) is 0 Å². The van der Waals surface area contributed by atoms with Crippen LogP contribution in [-0.4, -0.2) is 11.7 Å². The zero-order valence-corrected chi connectivity index (χ0v) is 16.1. The maximum atomic E-state index is 12.4. The fourth-order valence-electron chi connectivity index (χ4n) is 2.19. The third-order valence-electron chi connectivity index (χ3n) is 3.28. The molecule has 1 amide bonds. The number of nitrogens with two attached hydrogens (primary N) is 1. The summed E-state index contributed by atoms with van der Waals surface area (Å²) in [5, 5.41) is 3.58. The van der Waals surface area contributed by atoms with Crippen molar-refractivity contribution in [2.45, 2.75) is 25.3 Å². The van der Waals surface area contributed by atoms with Crippen LogP contribution in [0, 0.1) is 6.92 Å². The molecule has 3 N–H and O–H groups in total. The molecule has 122 valence electrons. The van der Waals surface area contributed by atoms with Crippen LogP contribution in [0.25, 0.3) is 0 Å². The van der Waals surface area contributed by atoms with Gasteiger partial charge in [0, 0.05) is 20.9 Å². The zero-order chi connectivity index (χ0) is 17.0. The molecule has 0 saturated carbocycles. The van der Waals surface area contributed by atoms with Crippen LogP contribution in [0.3, 0.4) is 0 Å². The van der Waals surface area contributed by atoms with Gasteiger partial charge in [-0.2, -0.15) is 0 Å². The second-order valence-electron chi connectivity index (χ2n) is 5.08. The van der Waals surface area contributed by atoms with Gasteiger partial charge in [-0.15, -0.1) is 11.8 Å². The van der Waals surface area contributed by atoms with Crippen LogP contribution in [0.1, 0.15) is 28.4 Å². The molecule has 2 rings (SSSR count). The van der Waals surface area contributed by atoms with Gasteiger partial charge >= 0.3 is 0 Å². The Morgan fingerprint density at radius 2 is 2.09 bits per heavy atom. The Kier molecular flexibility index (Phi) is 6.39. The van der Waals surface area contributed by atoms with Gasteiger partial charge in [-0.3, -0.25) is 4.79 Å². The predicted octanol–water partition coefficient (Wildman–Crippen LogP) is 5.04. The normalized spacial score (nSPS) is 10.6. The minimum atomic E-state index is -0.195. The molecule has 0 aliphatic heterocycles. The Balaban J connectivity index is 2.18. The minimum absolute atomic E-state index is 0.195. The molecule has 0 fully saturated rings. The number of hydrogen-bond donors (Lipinski definition) is 2. The number of benzene rings is 2. The molecule has 0 bridgehead atoms. The van der Waals surface area contributed by atoms with Crippen LogP contribution in [0.5, 0.6) is 0 Å². The monoisotopic (exact) mass is 412 g/mol. The quantitative estimate of drug-likeness (QED) is 0.533. The molecule has 0 unspecified atom stereocenters.